The average Bonchev–Trinajstić information content (AvgIpc) is 3.01. The summed E-state index contributed by atoms with van der Waals surface area (Å²) in [6, 6.07) is 26.7. The van der Waals surface area contributed by atoms with Gasteiger partial charge in [0.2, 0.25) is 5.91 Å². The molecule has 1 atom stereocenters. The third-order valence-corrected chi connectivity index (χ3v) is 7.41. The van der Waals surface area contributed by atoms with E-state index in [-0.39, 0.29) is 24.0 Å². The molecule has 1 aliphatic rings. The van der Waals surface area contributed by atoms with Gasteiger partial charge in [-0.3, -0.25) is 19.6 Å². The smallest absolute Gasteiger partial charge is 0.343 e. The standard InChI is InChI=1S/C33H42N6O2/c1-5-20-35-32(40)31(28-14-10-7-11-15-28)37-23-21-36(22-24-37)29-16-18-30(19-17-29)38(33(41)39(34)25(2)3)26(4)27-12-8-6-9-13-27/h6-19,25,31H,4-5,20-24,34H2,1-3H3,(H,35,40). The molecular weight excluding hydrogens is 512 g/mol. The van der Waals surface area contributed by atoms with E-state index >= 15 is 0 Å². The van der Waals surface area contributed by atoms with Crippen LogP contribution < -0.4 is 21.0 Å². The molecule has 1 fully saturated rings. The molecule has 4 rings (SSSR count). The topological polar surface area (TPSA) is 85.2 Å². The molecule has 216 valence electrons. The lowest BCUT2D eigenvalue weighted by molar-refractivity contribution is -0.126. The van der Waals surface area contributed by atoms with Crippen molar-refractivity contribution in [1.82, 2.24) is 15.2 Å². The molecule has 8 heteroatoms. The van der Waals surface area contributed by atoms with Crippen LogP contribution in [0.25, 0.3) is 5.70 Å². The van der Waals surface area contributed by atoms with Crippen LogP contribution >= 0.6 is 0 Å². The van der Waals surface area contributed by atoms with Crippen LogP contribution in [0.3, 0.4) is 0 Å². The number of carbonyl (C=O) groups is 2. The molecule has 1 unspecified atom stereocenters. The number of benzene rings is 3. The minimum Gasteiger partial charge on any atom is -0.369 e. The number of piperazine rings is 1. The number of amides is 3. The molecule has 3 amide bonds. The Balaban J connectivity index is 1.50. The average molecular weight is 555 g/mol. The van der Waals surface area contributed by atoms with Gasteiger partial charge in [-0.25, -0.2) is 10.6 Å². The maximum absolute atomic E-state index is 13.4. The van der Waals surface area contributed by atoms with E-state index in [2.05, 4.69) is 28.6 Å². The molecule has 0 saturated carbocycles. The van der Waals surface area contributed by atoms with Crippen molar-refractivity contribution in [3.63, 3.8) is 0 Å². The number of hydrogen-bond acceptors (Lipinski definition) is 5. The van der Waals surface area contributed by atoms with Gasteiger partial charge in [0.15, 0.2) is 0 Å². The third kappa shape index (κ3) is 7.14. The minimum absolute atomic E-state index is 0.0506. The van der Waals surface area contributed by atoms with Crippen LogP contribution in [0.15, 0.2) is 91.5 Å². The maximum atomic E-state index is 13.4. The zero-order valence-electron chi connectivity index (χ0n) is 24.4. The van der Waals surface area contributed by atoms with E-state index in [4.69, 9.17) is 5.84 Å². The van der Waals surface area contributed by atoms with Crippen LogP contribution in [0, 0.1) is 0 Å². The van der Waals surface area contributed by atoms with Gasteiger partial charge < -0.3 is 10.2 Å². The van der Waals surface area contributed by atoms with Crippen molar-refractivity contribution in [3.8, 4) is 0 Å². The molecule has 8 nitrogen and oxygen atoms in total. The second-order valence-electron chi connectivity index (χ2n) is 10.6. The van der Waals surface area contributed by atoms with Gasteiger partial charge in [-0.2, -0.15) is 0 Å². The van der Waals surface area contributed by atoms with Crippen LogP contribution in [-0.4, -0.2) is 60.6 Å². The van der Waals surface area contributed by atoms with Gasteiger partial charge in [0, 0.05) is 44.5 Å². The number of carbonyl (C=O) groups excluding carboxylic acids is 2. The summed E-state index contributed by atoms with van der Waals surface area (Å²) >= 11 is 0. The Morgan fingerprint density at radius 2 is 1.49 bits per heavy atom. The van der Waals surface area contributed by atoms with E-state index in [0.717, 1.165) is 49.4 Å². The van der Waals surface area contributed by atoms with E-state index in [9.17, 15) is 9.59 Å². The zero-order chi connectivity index (χ0) is 29.4. The lowest BCUT2D eigenvalue weighted by Crippen LogP contribution is -2.51. The van der Waals surface area contributed by atoms with Gasteiger partial charge in [-0.05, 0) is 55.7 Å². The first-order valence-electron chi connectivity index (χ1n) is 14.4. The van der Waals surface area contributed by atoms with Crippen LogP contribution in [0.4, 0.5) is 16.2 Å². The van der Waals surface area contributed by atoms with Crippen molar-refractivity contribution < 1.29 is 9.59 Å². The molecule has 3 N–H and O–H groups in total. The van der Waals surface area contributed by atoms with Crippen LogP contribution in [0.1, 0.15) is 44.4 Å². The molecule has 3 aromatic rings. The van der Waals surface area contributed by atoms with Crippen LogP contribution in [-0.2, 0) is 4.79 Å². The van der Waals surface area contributed by atoms with E-state index < -0.39 is 0 Å². The number of nitrogens with zero attached hydrogens (tertiary/aromatic N) is 4. The quantitative estimate of drug-likeness (QED) is 0.203. The highest BCUT2D eigenvalue weighted by Crippen LogP contribution is 2.30. The summed E-state index contributed by atoms with van der Waals surface area (Å²) in [5.41, 5.74) is 4.17. The summed E-state index contributed by atoms with van der Waals surface area (Å²) in [5, 5.41) is 4.31. The first-order valence-corrected chi connectivity index (χ1v) is 14.4. The molecule has 1 aliphatic heterocycles. The lowest BCUT2D eigenvalue weighted by atomic mass is 10.0. The third-order valence-electron chi connectivity index (χ3n) is 7.41. The van der Waals surface area contributed by atoms with E-state index in [1.165, 1.54) is 5.01 Å². The minimum atomic E-state index is -0.344. The van der Waals surface area contributed by atoms with Gasteiger partial charge in [0.05, 0.1) is 11.4 Å². The molecule has 41 heavy (non-hydrogen) atoms. The highest BCUT2D eigenvalue weighted by atomic mass is 16.2. The molecule has 0 aliphatic carbocycles. The molecule has 0 bridgehead atoms. The predicted octanol–water partition coefficient (Wildman–Crippen LogP) is 5.26. The summed E-state index contributed by atoms with van der Waals surface area (Å²) in [5.74, 6) is 6.20. The Labute approximate surface area is 244 Å². The Kier molecular flexibility index (Phi) is 10.2. The van der Waals surface area contributed by atoms with E-state index in [1.807, 2.05) is 98.8 Å². The Hall–Kier alpha value is -4.14. The second kappa shape index (κ2) is 14.0. The van der Waals surface area contributed by atoms with Crippen LogP contribution in [0.2, 0.25) is 0 Å². The number of nitrogens with one attached hydrogen (secondary N) is 1. The number of hydrogen-bond donors (Lipinski definition) is 2. The second-order valence-corrected chi connectivity index (χ2v) is 10.6. The highest BCUT2D eigenvalue weighted by Gasteiger charge is 2.31. The van der Waals surface area contributed by atoms with E-state index in [1.54, 1.807) is 4.90 Å². The number of hydrazine groups is 1. The number of urea groups is 1. The van der Waals surface area contributed by atoms with Crippen molar-refractivity contribution in [3.05, 3.63) is 103 Å². The SMILES string of the molecule is C=C(c1ccccc1)N(C(=O)N(N)C(C)C)c1ccc(N2CCN(C(C(=O)NCCC)c3ccccc3)CC2)cc1. The highest BCUT2D eigenvalue weighted by molar-refractivity contribution is 6.04. The van der Waals surface area contributed by atoms with Crippen LogP contribution in [0.5, 0.6) is 0 Å². The maximum Gasteiger partial charge on any atom is 0.343 e. The zero-order valence-corrected chi connectivity index (χ0v) is 24.4. The van der Waals surface area contributed by atoms with E-state index in [0.29, 0.717) is 17.9 Å². The Morgan fingerprint density at radius 3 is 2.05 bits per heavy atom. The lowest BCUT2D eigenvalue weighted by Gasteiger charge is -2.40. The van der Waals surface area contributed by atoms with Gasteiger partial charge >= 0.3 is 6.03 Å². The monoisotopic (exact) mass is 554 g/mol. The van der Waals surface area contributed by atoms with Gasteiger partial charge in [0.1, 0.15) is 6.04 Å². The first kappa shape index (κ1) is 29.8. The molecule has 1 saturated heterocycles. The predicted molar refractivity (Wildman–Crippen MR) is 167 cm³/mol. The van der Waals surface area contributed by atoms with Crippen molar-refractivity contribution in [2.45, 2.75) is 39.3 Å². The van der Waals surface area contributed by atoms with Crippen molar-refractivity contribution >= 4 is 29.0 Å². The fraction of sp³-hybridized carbons (Fsp3) is 0.333. The molecule has 0 aromatic heterocycles. The fourth-order valence-electron chi connectivity index (χ4n) is 5.04. The summed E-state index contributed by atoms with van der Waals surface area (Å²) in [4.78, 5) is 32.7. The first-order chi connectivity index (χ1) is 19.8. The molecule has 3 aromatic carbocycles. The molecule has 1 heterocycles. The summed E-state index contributed by atoms with van der Waals surface area (Å²) in [7, 11) is 0. The number of anilines is 2. The van der Waals surface area contributed by atoms with Gasteiger partial charge in [-0.1, -0.05) is 74.2 Å². The molecular formula is C33H42N6O2. The summed E-state index contributed by atoms with van der Waals surface area (Å²) in [6.45, 7) is 13.8. The Morgan fingerprint density at radius 1 is 0.902 bits per heavy atom. The fourth-order valence-corrected chi connectivity index (χ4v) is 5.04. The van der Waals surface area contributed by atoms with Crippen molar-refractivity contribution in [2.24, 2.45) is 5.84 Å². The Bertz CT molecular complexity index is 1290. The molecule has 0 radical (unpaired) electrons. The summed E-state index contributed by atoms with van der Waals surface area (Å²) < 4.78 is 0. The summed E-state index contributed by atoms with van der Waals surface area (Å²) in [6.07, 6.45) is 0.902. The van der Waals surface area contributed by atoms with Gasteiger partial charge in [0.25, 0.3) is 0 Å². The van der Waals surface area contributed by atoms with Crippen molar-refractivity contribution in [1.29, 1.82) is 0 Å². The van der Waals surface area contributed by atoms with Gasteiger partial charge in [-0.15, -0.1) is 0 Å². The van der Waals surface area contributed by atoms with Crippen molar-refractivity contribution in [2.75, 3.05) is 42.5 Å². The normalized spacial score (nSPS) is 14.4. The molecule has 0 spiro atoms. The largest absolute Gasteiger partial charge is 0.369 e. The number of rotatable bonds is 10. The number of nitrogens with two attached hydrogens (primary N) is 1.